The van der Waals surface area contributed by atoms with Gasteiger partial charge >= 0.3 is 6.03 Å². The summed E-state index contributed by atoms with van der Waals surface area (Å²) in [5.74, 6) is 0.464. The van der Waals surface area contributed by atoms with E-state index in [2.05, 4.69) is 20.5 Å². The predicted molar refractivity (Wildman–Crippen MR) is 94.3 cm³/mol. The summed E-state index contributed by atoms with van der Waals surface area (Å²) in [7, 11) is 0. The summed E-state index contributed by atoms with van der Waals surface area (Å²) < 4.78 is 11.0. The zero-order valence-corrected chi connectivity index (χ0v) is 14.8. The lowest BCUT2D eigenvalue weighted by Crippen LogP contribution is -2.53. The first-order chi connectivity index (χ1) is 12.2. The van der Waals surface area contributed by atoms with Gasteiger partial charge in [-0.1, -0.05) is 6.07 Å². The van der Waals surface area contributed by atoms with E-state index in [1.807, 2.05) is 25.1 Å². The topological polar surface area (TPSA) is 75.7 Å². The van der Waals surface area contributed by atoms with E-state index in [1.54, 1.807) is 6.20 Å². The number of carbonyl (C=O) groups excluding carboxylic acids is 1. The number of hydrogen-bond donors (Lipinski definition) is 2. The van der Waals surface area contributed by atoms with Crippen molar-refractivity contribution in [2.24, 2.45) is 5.92 Å². The van der Waals surface area contributed by atoms with E-state index in [4.69, 9.17) is 9.47 Å². The fourth-order valence-electron chi connectivity index (χ4n) is 3.51. The van der Waals surface area contributed by atoms with E-state index in [-0.39, 0.29) is 12.1 Å². The molecule has 0 unspecified atom stereocenters. The highest BCUT2D eigenvalue weighted by Gasteiger charge is 2.31. The van der Waals surface area contributed by atoms with Crippen LogP contribution in [0.3, 0.4) is 0 Å². The second-order valence-corrected chi connectivity index (χ2v) is 6.67. The molecule has 25 heavy (non-hydrogen) atoms. The molecule has 0 saturated carbocycles. The number of carbonyl (C=O) groups is 1. The Labute approximate surface area is 149 Å². The molecule has 3 heterocycles. The van der Waals surface area contributed by atoms with Crippen molar-refractivity contribution in [2.45, 2.75) is 25.4 Å². The number of pyridine rings is 1. The molecule has 7 nitrogen and oxygen atoms in total. The van der Waals surface area contributed by atoms with E-state index in [1.165, 1.54) is 0 Å². The van der Waals surface area contributed by atoms with Crippen molar-refractivity contribution in [3.63, 3.8) is 0 Å². The first kappa shape index (κ1) is 18.1. The number of nitrogens with zero attached hydrogens (tertiary/aromatic N) is 2. The van der Waals surface area contributed by atoms with Crippen molar-refractivity contribution in [1.29, 1.82) is 0 Å². The van der Waals surface area contributed by atoms with Crippen LogP contribution in [-0.2, 0) is 9.47 Å². The minimum atomic E-state index is -0.157. The Morgan fingerprint density at radius 1 is 1.32 bits per heavy atom. The van der Waals surface area contributed by atoms with Gasteiger partial charge in [-0.2, -0.15) is 0 Å². The summed E-state index contributed by atoms with van der Waals surface area (Å²) in [6, 6.07) is 5.72. The Balaban J connectivity index is 1.52. The van der Waals surface area contributed by atoms with Crippen molar-refractivity contribution in [2.75, 3.05) is 46.1 Å². The van der Waals surface area contributed by atoms with Gasteiger partial charge in [0.25, 0.3) is 0 Å². The summed E-state index contributed by atoms with van der Waals surface area (Å²) in [4.78, 5) is 19.0. The molecule has 2 aliphatic heterocycles. The molecule has 1 aromatic heterocycles. The Bertz CT molecular complexity index is 530. The number of amides is 2. The van der Waals surface area contributed by atoms with Gasteiger partial charge in [-0.15, -0.1) is 0 Å². The van der Waals surface area contributed by atoms with Crippen LogP contribution >= 0.6 is 0 Å². The average molecular weight is 348 g/mol. The number of ether oxygens (including phenoxy) is 2. The minimum absolute atomic E-state index is 0.127. The Kier molecular flexibility index (Phi) is 6.61. The normalized spacial score (nSPS) is 23.8. The third-order valence-electron chi connectivity index (χ3n) is 4.97. The maximum absolute atomic E-state index is 12.3. The molecule has 2 N–H and O–H groups in total. The van der Waals surface area contributed by atoms with Gasteiger partial charge in [-0.25, -0.2) is 4.79 Å². The van der Waals surface area contributed by atoms with E-state index < -0.39 is 0 Å². The van der Waals surface area contributed by atoms with Crippen LogP contribution in [0.25, 0.3) is 0 Å². The molecule has 0 radical (unpaired) electrons. The number of urea groups is 1. The number of rotatable bonds is 6. The highest BCUT2D eigenvalue weighted by atomic mass is 16.5. The highest BCUT2D eigenvalue weighted by molar-refractivity contribution is 5.74. The fourth-order valence-corrected chi connectivity index (χ4v) is 3.51. The summed E-state index contributed by atoms with van der Waals surface area (Å²) in [5.41, 5.74) is 0.853. The predicted octanol–water partition coefficient (Wildman–Crippen LogP) is 1.18. The first-order valence-corrected chi connectivity index (χ1v) is 9.09. The van der Waals surface area contributed by atoms with Crippen LogP contribution < -0.4 is 10.6 Å². The molecule has 0 aromatic carbocycles. The van der Waals surface area contributed by atoms with E-state index >= 15 is 0 Å². The van der Waals surface area contributed by atoms with Crippen molar-refractivity contribution in [1.82, 2.24) is 20.5 Å². The molecule has 0 bridgehead atoms. The molecule has 0 spiro atoms. The summed E-state index contributed by atoms with van der Waals surface area (Å²) in [6.07, 6.45) is 2.79. The third kappa shape index (κ3) is 5.14. The Morgan fingerprint density at radius 3 is 2.84 bits per heavy atom. The Morgan fingerprint density at radius 2 is 2.16 bits per heavy atom. The molecule has 7 heteroatoms. The monoisotopic (exact) mass is 348 g/mol. The van der Waals surface area contributed by atoms with Gasteiger partial charge in [0.1, 0.15) is 0 Å². The number of aromatic nitrogens is 1. The lowest BCUT2D eigenvalue weighted by atomic mass is 9.97. The largest absolute Gasteiger partial charge is 0.381 e. The van der Waals surface area contributed by atoms with Crippen molar-refractivity contribution < 1.29 is 14.3 Å². The van der Waals surface area contributed by atoms with Gasteiger partial charge in [-0.05, 0) is 25.5 Å². The number of hydrogen-bond acceptors (Lipinski definition) is 5. The van der Waals surface area contributed by atoms with Crippen molar-refractivity contribution in [3.8, 4) is 0 Å². The molecule has 3 atom stereocenters. The van der Waals surface area contributed by atoms with Crippen LogP contribution in [0, 0.1) is 5.92 Å². The van der Waals surface area contributed by atoms with Crippen LogP contribution in [0.4, 0.5) is 4.79 Å². The van der Waals surface area contributed by atoms with Crippen molar-refractivity contribution in [3.05, 3.63) is 30.1 Å². The van der Waals surface area contributed by atoms with Gasteiger partial charge in [0.2, 0.25) is 0 Å². The van der Waals surface area contributed by atoms with Crippen molar-refractivity contribution >= 4 is 6.03 Å². The van der Waals surface area contributed by atoms with Gasteiger partial charge < -0.3 is 20.1 Å². The first-order valence-electron chi connectivity index (χ1n) is 9.09. The molecule has 3 rings (SSSR count). The molecular weight excluding hydrogens is 320 g/mol. The maximum Gasteiger partial charge on any atom is 0.315 e. The quantitative estimate of drug-likeness (QED) is 0.807. The fraction of sp³-hybridized carbons (Fsp3) is 0.667. The average Bonchev–Trinajstić information content (AvgIpc) is 3.18. The summed E-state index contributed by atoms with van der Waals surface area (Å²) >= 11 is 0. The maximum atomic E-state index is 12.3. The molecule has 0 aliphatic carbocycles. The minimum Gasteiger partial charge on any atom is -0.381 e. The lowest BCUT2D eigenvalue weighted by molar-refractivity contribution is 0.00211. The van der Waals surface area contributed by atoms with Crippen LogP contribution in [0.5, 0.6) is 0 Å². The van der Waals surface area contributed by atoms with Crippen LogP contribution in [-0.4, -0.2) is 68.0 Å². The molecule has 1 aromatic rings. The van der Waals surface area contributed by atoms with Crippen LogP contribution in [0.15, 0.2) is 24.4 Å². The highest BCUT2D eigenvalue weighted by Crippen LogP contribution is 2.21. The molecule has 2 aliphatic rings. The number of nitrogens with one attached hydrogen (secondary N) is 2. The smallest absolute Gasteiger partial charge is 0.315 e. The molecular formula is C18H28N4O3. The van der Waals surface area contributed by atoms with Gasteiger partial charge in [0.15, 0.2) is 0 Å². The standard InChI is InChI=1S/C18H28N4O3/c1-14(16-4-2-3-6-19-16)21-18(23)20-12-17(15-5-9-25-13-15)22-7-10-24-11-8-22/h2-4,6,14-15,17H,5,7-13H2,1H3,(H2,20,21,23)/t14-,15-,17-/m0/s1. The second kappa shape index (κ2) is 9.12. The van der Waals surface area contributed by atoms with Crippen LogP contribution in [0.2, 0.25) is 0 Å². The molecule has 138 valence electrons. The molecule has 2 saturated heterocycles. The SMILES string of the molecule is C[C@H](NC(=O)NC[C@@H]([C@H]1CCOC1)N1CCOCC1)c1ccccn1. The van der Waals surface area contributed by atoms with E-state index in [9.17, 15) is 4.79 Å². The third-order valence-corrected chi connectivity index (χ3v) is 4.97. The van der Waals surface area contributed by atoms with Crippen LogP contribution in [0.1, 0.15) is 25.1 Å². The van der Waals surface area contributed by atoms with Gasteiger partial charge in [0.05, 0.1) is 31.6 Å². The lowest BCUT2D eigenvalue weighted by Gasteiger charge is -2.37. The second-order valence-electron chi connectivity index (χ2n) is 6.67. The van der Waals surface area contributed by atoms with E-state index in [0.717, 1.165) is 51.6 Å². The molecule has 2 fully saturated rings. The molecule has 2 amide bonds. The van der Waals surface area contributed by atoms with E-state index in [0.29, 0.717) is 18.5 Å². The summed E-state index contributed by atoms with van der Waals surface area (Å²) in [5, 5.41) is 6.00. The zero-order valence-electron chi connectivity index (χ0n) is 14.8. The Hall–Kier alpha value is -1.70. The van der Waals surface area contributed by atoms with Gasteiger partial charge in [0, 0.05) is 44.4 Å². The van der Waals surface area contributed by atoms with Gasteiger partial charge in [-0.3, -0.25) is 9.88 Å². The number of morpholine rings is 1. The zero-order chi connectivity index (χ0) is 17.5. The summed E-state index contributed by atoms with van der Waals surface area (Å²) in [6.45, 7) is 7.48.